The summed E-state index contributed by atoms with van der Waals surface area (Å²) in [6.07, 6.45) is 6.05. The summed E-state index contributed by atoms with van der Waals surface area (Å²) in [6, 6.07) is 6.87. The molecule has 1 aliphatic rings. The Morgan fingerprint density at radius 3 is 2.42 bits per heavy atom. The summed E-state index contributed by atoms with van der Waals surface area (Å²) in [5.41, 5.74) is 2.22. The van der Waals surface area contributed by atoms with Gasteiger partial charge in [-0.2, -0.15) is 0 Å². The second-order valence-corrected chi connectivity index (χ2v) is 11.3. The molecule has 1 fully saturated rings. The number of aryl methyl sites for hydroxylation is 3. The minimum atomic E-state index is -3.52. The van der Waals surface area contributed by atoms with Crippen LogP contribution in [0.3, 0.4) is 0 Å². The third-order valence-electron chi connectivity index (χ3n) is 6.06. The zero-order valence-corrected chi connectivity index (χ0v) is 20.0. The first kappa shape index (κ1) is 22.2. The molecule has 2 heterocycles. The highest BCUT2D eigenvalue weighted by Crippen LogP contribution is 2.37. The van der Waals surface area contributed by atoms with Gasteiger partial charge >= 0.3 is 0 Å². The average Bonchev–Trinajstić information content (AvgIpc) is 3.05. The van der Waals surface area contributed by atoms with Gasteiger partial charge in [0, 0.05) is 23.9 Å². The number of hydrogen-bond acceptors (Lipinski definition) is 6. The van der Waals surface area contributed by atoms with Crippen molar-refractivity contribution in [3.05, 3.63) is 46.1 Å². The van der Waals surface area contributed by atoms with Crippen molar-refractivity contribution in [3.8, 4) is 0 Å². The number of benzene rings is 1. The van der Waals surface area contributed by atoms with Crippen molar-refractivity contribution in [2.45, 2.75) is 63.7 Å². The minimum Gasteiger partial charge on any atom is -0.368 e. The van der Waals surface area contributed by atoms with E-state index in [9.17, 15) is 8.42 Å². The van der Waals surface area contributed by atoms with E-state index in [1.807, 2.05) is 6.92 Å². The van der Waals surface area contributed by atoms with Gasteiger partial charge in [-0.05, 0) is 51.3 Å². The lowest BCUT2D eigenvalue weighted by Crippen LogP contribution is -2.29. The molecule has 8 heteroatoms. The molecule has 2 N–H and O–H groups in total. The predicted octanol–water partition coefficient (Wildman–Crippen LogP) is 5.05. The molecule has 166 valence electrons. The van der Waals surface area contributed by atoms with Crippen molar-refractivity contribution >= 4 is 37.4 Å². The Balaban J connectivity index is 1.50. The second-order valence-electron chi connectivity index (χ2n) is 8.37. The second kappa shape index (κ2) is 9.22. The molecule has 3 aromatic rings. The van der Waals surface area contributed by atoms with Crippen LogP contribution in [0.15, 0.2) is 29.2 Å². The standard InChI is InChI=1S/C23H30N4O2S2/c1-15-9-11-19(12-10-15)31(28,29)25-14-13-24-22-20-16(2)17(3)30-23(20)27-21(26-22)18-7-5-4-6-8-18/h9-12,18,25H,4-8,13-14H2,1-3H3,(H,24,26,27). The first-order chi connectivity index (χ1) is 14.8. The van der Waals surface area contributed by atoms with Gasteiger partial charge in [-0.1, -0.05) is 37.0 Å². The Bertz CT molecular complexity index is 1160. The van der Waals surface area contributed by atoms with Crippen molar-refractivity contribution < 1.29 is 8.42 Å². The number of sulfonamides is 1. The average molecular weight is 459 g/mol. The molecular weight excluding hydrogens is 428 g/mol. The van der Waals surface area contributed by atoms with Crippen LogP contribution in [0.25, 0.3) is 10.2 Å². The minimum absolute atomic E-state index is 0.280. The van der Waals surface area contributed by atoms with Gasteiger partial charge in [-0.15, -0.1) is 11.3 Å². The van der Waals surface area contributed by atoms with E-state index < -0.39 is 10.0 Å². The van der Waals surface area contributed by atoms with Crippen molar-refractivity contribution in [2.75, 3.05) is 18.4 Å². The maximum atomic E-state index is 12.5. The molecule has 1 aromatic carbocycles. The maximum absolute atomic E-state index is 12.5. The summed E-state index contributed by atoms with van der Waals surface area (Å²) in [5.74, 6) is 2.17. The van der Waals surface area contributed by atoms with Crippen LogP contribution in [0.2, 0.25) is 0 Å². The molecule has 0 unspecified atom stereocenters. The molecular formula is C23H30N4O2S2. The fraction of sp³-hybridized carbons (Fsp3) is 0.478. The molecule has 0 atom stereocenters. The van der Waals surface area contributed by atoms with Gasteiger partial charge < -0.3 is 5.32 Å². The van der Waals surface area contributed by atoms with E-state index in [4.69, 9.17) is 9.97 Å². The summed E-state index contributed by atoms with van der Waals surface area (Å²) in [5, 5.41) is 4.44. The quantitative estimate of drug-likeness (QED) is 0.484. The molecule has 0 saturated heterocycles. The van der Waals surface area contributed by atoms with Crippen LogP contribution in [0, 0.1) is 20.8 Å². The number of aromatic nitrogens is 2. The Kier molecular flexibility index (Phi) is 6.60. The lowest BCUT2D eigenvalue weighted by Gasteiger charge is -2.21. The van der Waals surface area contributed by atoms with Crippen molar-refractivity contribution in [1.82, 2.24) is 14.7 Å². The lowest BCUT2D eigenvalue weighted by molar-refractivity contribution is 0.430. The number of hydrogen-bond donors (Lipinski definition) is 2. The molecule has 0 radical (unpaired) electrons. The fourth-order valence-electron chi connectivity index (χ4n) is 4.10. The molecule has 1 saturated carbocycles. The van der Waals surface area contributed by atoms with E-state index in [1.165, 1.54) is 29.7 Å². The van der Waals surface area contributed by atoms with Crippen LogP contribution >= 0.6 is 11.3 Å². The van der Waals surface area contributed by atoms with Gasteiger partial charge in [0.05, 0.1) is 10.3 Å². The van der Waals surface area contributed by atoms with E-state index in [1.54, 1.807) is 35.6 Å². The Hall–Kier alpha value is -2.03. The number of nitrogens with zero attached hydrogens (tertiary/aromatic N) is 2. The number of nitrogens with one attached hydrogen (secondary N) is 2. The molecule has 0 spiro atoms. The van der Waals surface area contributed by atoms with Crippen LogP contribution < -0.4 is 10.0 Å². The number of thiophene rings is 1. The van der Waals surface area contributed by atoms with E-state index in [-0.39, 0.29) is 11.4 Å². The molecule has 2 aromatic heterocycles. The molecule has 0 aliphatic heterocycles. The zero-order chi connectivity index (χ0) is 22.0. The fourth-order valence-corrected chi connectivity index (χ4v) is 6.17. The van der Waals surface area contributed by atoms with Crippen LogP contribution in [-0.4, -0.2) is 31.5 Å². The monoisotopic (exact) mass is 458 g/mol. The van der Waals surface area contributed by atoms with Crippen molar-refractivity contribution in [1.29, 1.82) is 0 Å². The van der Waals surface area contributed by atoms with Gasteiger partial charge in [0.15, 0.2) is 0 Å². The highest BCUT2D eigenvalue weighted by molar-refractivity contribution is 7.89. The molecule has 31 heavy (non-hydrogen) atoms. The Morgan fingerprint density at radius 1 is 1.00 bits per heavy atom. The van der Waals surface area contributed by atoms with E-state index >= 15 is 0 Å². The summed E-state index contributed by atoms with van der Waals surface area (Å²) >= 11 is 1.71. The molecule has 0 bridgehead atoms. The normalized spacial score (nSPS) is 15.5. The maximum Gasteiger partial charge on any atom is 0.240 e. The van der Waals surface area contributed by atoms with Crippen molar-refractivity contribution in [3.63, 3.8) is 0 Å². The molecule has 0 amide bonds. The summed E-state index contributed by atoms with van der Waals surface area (Å²) < 4.78 is 27.7. The first-order valence-corrected chi connectivity index (χ1v) is 13.2. The zero-order valence-electron chi connectivity index (χ0n) is 18.4. The van der Waals surface area contributed by atoms with E-state index in [0.717, 1.165) is 40.3 Å². The molecule has 6 nitrogen and oxygen atoms in total. The highest BCUT2D eigenvalue weighted by Gasteiger charge is 2.22. The van der Waals surface area contributed by atoms with Crippen LogP contribution in [0.5, 0.6) is 0 Å². The summed E-state index contributed by atoms with van der Waals surface area (Å²) in [6.45, 7) is 6.88. The van der Waals surface area contributed by atoms with Gasteiger partial charge in [-0.25, -0.2) is 23.1 Å². The van der Waals surface area contributed by atoms with E-state index in [2.05, 4.69) is 23.9 Å². The van der Waals surface area contributed by atoms with Gasteiger partial charge in [0.25, 0.3) is 0 Å². The molecule has 4 rings (SSSR count). The third kappa shape index (κ3) is 4.91. The topological polar surface area (TPSA) is 84.0 Å². The van der Waals surface area contributed by atoms with Gasteiger partial charge in [0.2, 0.25) is 10.0 Å². The Morgan fingerprint density at radius 2 is 1.71 bits per heavy atom. The van der Waals surface area contributed by atoms with Crippen LogP contribution in [0.1, 0.15) is 59.9 Å². The van der Waals surface area contributed by atoms with Crippen LogP contribution in [-0.2, 0) is 10.0 Å². The molecule has 1 aliphatic carbocycles. The summed E-state index contributed by atoms with van der Waals surface area (Å²) in [7, 11) is -3.52. The van der Waals surface area contributed by atoms with E-state index in [0.29, 0.717) is 12.5 Å². The third-order valence-corrected chi connectivity index (χ3v) is 8.64. The SMILES string of the molecule is Cc1ccc(S(=O)(=O)NCCNc2nc(C3CCCCC3)nc3sc(C)c(C)c23)cc1. The largest absolute Gasteiger partial charge is 0.368 e. The number of fused-ring (bicyclic) bond motifs is 1. The van der Waals surface area contributed by atoms with Crippen molar-refractivity contribution in [2.24, 2.45) is 0 Å². The summed E-state index contributed by atoms with van der Waals surface area (Å²) in [4.78, 5) is 12.4. The van der Waals surface area contributed by atoms with Crippen LogP contribution in [0.4, 0.5) is 5.82 Å². The smallest absolute Gasteiger partial charge is 0.240 e. The first-order valence-electron chi connectivity index (χ1n) is 10.9. The highest BCUT2D eigenvalue weighted by atomic mass is 32.2. The van der Waals surface area contributed by atoms with Gasteiger partial charge in [-0.3, -0.25) is 0 Å². The Labute approximate surface area is 188 Å². The number of anilines is 1. The predicted molar refractivity (Wildman–Crippen MR) is 128 cm³/mol. The number of rotatable bonds is 7. The van der Waals surface area contributed by atoms with Gasteiger partial charge in [0.1, 0.15) is 16.5 Å². The lowest BCUT2D eigenvalue weighted by atomic mass is 9.88.